The Hall–Kier alpha value is -3.60. The molecule has 0 aliphatic carbocycles. The number of amides is 1. The third-order valence-electron chi connectivity index (χ3n) is 4.71. The van der Waals surface area contributed by atoms with Crippen molar-refractivity contribution in [1.29, 1.82) is 0 Å². The Morgan fingerprint density at radius 1 is 1.00 bits per heavy atom. The van der Waals surface area contributed by atoms with Gasteiger partial charge in [-0.05, 0) is 41.0 Å². The molecule has 3 aromatic rings. The van der Waals surface area contributed by atoms with Crippen molar-refractivity contribution in [1.82, 2.24) is 0 Å². The Bertz CT molecular complexity index is 1040. The molecule has 3 aromatic carbocycles. The van der Waals surface area contributed by atoms with Gasteiger partial charge >= 0.3 is 5.97 Å². The maximum absolute atomic E-state index is 12.9. The van der Waals surface area contributed by atoms with Crippen LogP contribution < -0.4 is 4.90 Å². The summed E-state index contributed by atoms with van der Waals surface area (Å²) in [4.78, 5) is 26.2. The van der Waals surface area contributed by atoms with Gasteiger partial charge in [0, 0.05) is 5.56 Å². The highest BCUT2D eigenvalue weighted by Gasteiger charge is 2.31. The minimum absolute atomic E-state index is 0.0315. The van der Waals surface area contributed by atoms with Gasteiger partial charge in [0.05, 0.1) is 24.9 Å². The minimum Gasteiger partial charge on any atom is -0.506 e. The summed E-state index contributed by atoms with van der Waals surface area (Å²) in [6, 6.07) is 19.9. The summed E-state index contributed by atoms with van der Waals surface area (Å²) < 4.78 is 4.72. The fourth-order valence-corrected chi connectivity index (χ4v) is 3.29. The van der Waals surface area contributed by atoms with Gasteiger partial charge in [-0.1, -0.05) is 42.5 Å². The Balaban J connectivity index is 1.72. The molecule has 1 aliphatic heterocycles. The smallest absolute Gasteiger partial charge is 0.337 e. The van der Waals surface area contributed by atoms with Gasteiger partial charge in [-0.15, -0.1) is 0 Å². The lowest BCUT2D eigenvalue weighted by atomic mass is 10.0. The van der Waals surface area contributed by atoms with Crippen molar-refractivity contribution < 1.29 is 19.4 Å². The van der Waals surface area contributed by atoms with Gasteiger partial charge in [0.25, 0.3) is 5.91 Å². The van der Waals surface area contributed by atoms with Crippen molar-refractivity contribution in [3.63, 3.8) is 0 Å². The van der Waals surface area contributed by atoms with Crippen molar-refractivity contribution in [2.45, 2.75) is 6.54 Å². The van der Waals surface area contributed by atoms with E-state index in [9.17, 15) is 14.7 Å². The molecule has 1 amide bonds. The molecule has 0 atom stereocenters. The summed E-state index contributed by atoms with van der Waals surface area (Å²) in [5, 5.41) is 10.4. The molecule has 1 N–H and O–H groups in total. The molecule has 27 heavy (non-hydrogen) atoms. The molecule has 1 heterocycles. The second-order valence-electron chi connectivity index (χ2n) is 6.32. The maximum atomic E-state index is 12.9. The third-order valence-corrected chi connectivity index (χ3v) is 4.71. The third kappa shape index (κ3) is 2.93. The first-order valence-electron chi connectivity index (χ1n) is 8.50. The first kappa shape index (κ1) is 16.8. The Kier molecular flexibility index (Phi) is 4.12. The van der Waals surface area contributed by atoms with Crippen LogP contribution in [0.5, 0.6) is 5.75 Å². The number of aromatic hydroxyl groups is 1. The van der Waals surface area contributed by atoms with Crippen LogP contribution in [0.2, 0.25) is 0 Å². The van der Waals surface area contributed by atoms with Crippen molar-refractivity contribution in [3.05, 3.63) is 83.4 Å². The Morgan fingerprint density at radius 3 is 2.52 bits per heavy atom. The molecule has 4 rings (SSSR count). The van der Waals surface area contributed by atoms with Crippen molar-refractivity contribution in [2.24, 2.45) is 0 Å². The lowest BCUT2D eigenvalue weighted by molar-refractivity contribution is 0.0600. The van der Waals surface area contributed by atoms with E-state index in [4.69, 9.17) is 4.74 Å². The number of hydrogen-bond donors (Lipinski definition) is 1. The molecule has 5 nitrogen and oxygen atoms in total. The van der Waals surface area contributed by atoms with Crippen LogP contribution >= 0.6 is 0 Å². The lowest BCUT2D eigenvalue weighted by Crippen LogP contribution is -2.23. The van der Waals surface area contributed by atoms with Crippen LogP contribution in [0.25, 0.3) is 11.1 Å². The zero-order valence-electron chi connectivity index (χ0n) is 14.7. The van der Waals surface area contributed by atoms with Crippen LogP contribution in [-0.2, 0) is 11.3 Å². The molecule has 1 aliphatic rings. The number of phenols is 1. The van der Waals surface area contributed by atoms with Gasteiger partial charge < -0.3 is 14.7 Å². The number of hydrogen-bond acceptors (Lipinski definition) is 4. The van der Waals surface area contributed by atoms with Crippen molar-refractivity contribution in [3.8, 4) is 16.9 Å². The first-order valence-corrected chi connectivity index (χ1v) is 8.50. The number of phenolic OH excluding ortho intramolecular Hbond substituents is 1. The molecule has 0 fully saturated rings. The van der Waals surface area contributed by atoms with E-state index in [0.717, 1.165) is 16.7 Å². The number of carbonyl (C=O) groups excluding carboxylic acids is 2. The number of esters is 1. The fourth-order valence-electron chi connectivity index (χ4n) is 3.29. The summed E-state index contributed by atoms with van der Waals surface area (Å²) in [5.74, 6) is -0.710. The predicted molar refractivity (Wildman–Crippen MR) is 102 cm³/mol. The monoisotopic (exact) mass is 359 g/mol. The second kappa shape index (κ2) is 6.61. The summed E-state index contributed by atoms with van der Waals surface area (Å²) >= 11 is 0. The number of benzene rings is 3. The average Bonchev–Trinajstić information content (AvgIpc) is 3.04. The molecule has 0 saturated carbocycles. The number of fused-ring (bicyclic) bond motifs is 1. The molecule has 0 radical (unpaired) electrons. The molecule has 0 spiro atoms. The van der Waals surface area contributed by atoms with E-state index >= 15 is 0 Å². The van der Waals surface area contributed by atoms with Gasteiger partial charge in [0.2, 0.25) is 0 Å². The summed E-state index contributed by atoms with van der Waals surface area (Å²) in [7, 11) is 1.30. The molecule has 0 aromatic heterocycles. The molecule has 0 unspecified atom stereocenters. The quantitative estimate of drug-likeness (QED) is 0.718. The highest BCUT2D eigenvalue weighted by Crippen LogP contribution is 2.37. The Labute approximate surface area is 156 Å². The maximum Gasteiger partial charge on any atom is 0.337 e. The zero-order chi connectivity index (χ0) is 19.0. The zero-order valence-corrected chi connectivity index (χ0v) is 14.7. The van der Waals surface area contributed by atoms with Gasteiger partial charge in [-0.3, -0.25) is 4.79 Å². The van der Waals surface area contributed by atoms with E-state index in [-0.39, 0.29) is 11.7 Å². The van der Waals surface area contributed by atoms with Crippen LogP contribution in [0.3, 0.4) is 0 Å². The average molecular weight is 359 g/mol. The SMILES string of the molecule is COC(=O)c1ccc2c(c1)C(=O)N(c1cc(-c3ccccc3)ccc1O)C2. The van der Waals surface area contributed by atoms with Gasteiger partial charge in [0.1, 0.15) is 5.75 Å². The summed E-state index contributed by atoms with van der Waals surface area (Å²) in [6.07, 6.45) is 0. The summed E-state index contributed by atoms with van der Waals surface area (Å²) in [6.45, 7) is 0.335. The molecule has 5 heteroatoms. The van der Waals surface area contributed by atoms with E-state index in [2.05, 4.69) is 0 Å². The lowest BCUT2D eigenvalue weighted by Gasteiger charge is -2.18. The van der Waals surface area contributed by atoms with Gasteiger partial charge in [0.15, 0.2) is 0 Å². The van der Waals surface area contributed by atoms with Gasteiger partial charge in [-0.25, -0.2) is 4.79 Å². The minimum atomic E-state index is -0.488. The molecular weight excluding hydrogens is 342 g/mol. The van der Waals surface area contributed by atoms with E-state index in [1.165, 1.54) is 12.0 Å². The van der Waals surface area contributed by atoms with Crippen LogP contribution in [0, 0.1) is 0 Å². The summed E-state index contributed by atoms with van der Waals surface area (Å²) in [5.41, 5.74) is 3.92. The highest BCUT2D eigenvalue weighted by molar-refractivity contribution is 6.12. The predicted octanol–water partition coefficient (Wildman–Crippen LogP) is 4.01. The highest BCUT2D eigenvalue weighted by atomic mass is 16.5. The van der Waals surface area contributed by atoms with Crippen LogP contribution in [0.4, 0.5) is 5.69 Å². The largest absolute Gasteiger partial charge is 0.506 e. The number of methoxy groups -OCH3 is 1. The number of anilines is 1. The van der Waals surface area contributed by atoms with Gasteiger partial charge in [-0.2, -0.15) is 0 Å². The molecule has 0 saturated heterocycles. The number of nitrogens with zero attached hydrogens (tertiary/aromatic N) is 1. The standard InChI is InChI=1S/C22H17NO4/c1-27-22(26)16-7-8-17-13-23(21(25)18(17)11-16)19-12-15(9-10-20(19)24)14-5-3-2-4-6-14/h2-12,24H,13H2,1H3. The van der Waals surface area contributed by atoms with E-state index in [1.807, 2.05) is 36.4 Å². The second-order valence-corrected chi connectivity index (χ2v) is 6.32. The van der Waals surface area contributed by atoms with Crippen LogP contribution in [0.1, 0.15) is 26.3 Å². The van der Waals surface area contributed by atoms with E-state index < -0.39 is 5.97 Å². The molecule has 134 valence electrons. The van der Waals surface area contributed by atoms with Crippen molar-refractivity contribution >= 4 is 17.6 Å². The van der Waals surface area contributed by atoms with E-state index in [0.29, 0.717) is 23.4 Å². The fraction of sp³-hybridized carbons (Fsp3) is 0.0909. The van der Waals surface area contributed by atoms with E-state index in [1.54, 1.807) is 30.3 Å². The topological polar surface area (TPSA) is 66.8 Å². The number of carbonyl (C=O) groups is 2. The van der Waals surface area contributed by atoms with Crippen LogP contribution in [0.15, 0.2) is 66.7 Å². The molecular formula is C22H17NO4. The number of rotatable bonds is 3. The number of ether oxygens (including phenoxy) is 1. The van der Waals surface area contributed by atoms with Crippen LogP contribution in [-0.4, -0.2) is 24.1 Å². The first-order chi connectivity index (χ1) is 13.1. The van der Waals surface area contributed by atoms with Crippen molar-refractivity contribution in [2.75, 3.05) is 12.0 Å². The molecule has 0 bridgehead atoms. The Morgan fingerprint density at radius 2 is 1.78 bits per heavy atom. The normalized spacial score (nSPS) is 12.8.